The first-order valence-corrected chi connectivity index (χ1v) is 3.91. The van der Waals surface area contributed by atoms with Gasteiger partial charge < -0.3 is 0 Å². The van der Waals surface area contributed by atoms with Crippen LogP contribution in [0.1, 0.15) is 13.8 Å². The topological polar surface area (TPSA) is 3.24 Å². The van der Waals surface area contributed by atoms with Crippen LogP contribution in [0.25, 0.3) is 0 Å². The van der Waals surface area contributed by atoms with Crippen molar-refractivity contribution in [1.82, 2.24) is 4.90 Å². The van der Waals surface area contributed by atoms with E-state index < -0.39 is 18.6 Å². The molecule has 0 aliphatic heterocycles. The third-order valence-corrected chi connectivity index (χ3v) is 1.74. The Morgan fingerprint density at radius 2 is 1.46 bits per heavy atom. The molecule has 0 heterocycles. The fraction of sp³-hybridized carbons (Fsp3) is 1.00. The lowest BCUT2D eigenvalue weighted by Gasteiger charge is -2.28. The Balaban J connectivity index is 4.45. The predicted octanol–water partition coefficient (Wildman–Crippen LogP) is 2.52. The molecule has 0 N–H and O–H groups in total. The average molecular weight is 205 g/mol. The molecule has 0 aliphatic carbocycles. The molecular formula is C7H12F5N. The molecular weight excluding hydrogens is 193 g/mol. The van der Waals surface area contributed by atoms with Crippen molar-refractivity contribution in [2.24, 2.45) is 0 Å². The molecule has 0 rings (SSSR count). The predicted molar refractivity (Wildman–Crippen MR) is 38.8 cm³/mol. The van der Waals surface area contributed by atoms with E-state index >= 15 is 0 Å². The van der Waals surface area contributed by atoms with Crippen molar-refractivity contribution in [3.8, 4) is 0 Å². The van der Waals surface area contributed by atoms with Crippen molar-refractivity contribution < 1.29 is 22.0 Å². The highest BCUT2D eigenvalue weighted by molar-refractivity contribution is 4.79. The summed E-state index contributed by atoms with van der Waals surface area (Å²) in [5.41, 5.74) is 0. The first-order valence-electron chi connectivity index (χ1n) is 3.91. The average Bonchev–Trinajstić information content (AvgIpc) is 2.06. The monoisotopic (exact) mass is 205 g/mol. The summed E-state index contributed by atoms with van der Waals surface area (Å²) in [6.45, 7) is 2.80. The lowest BCUT2D eigenvalue weighted by molar-refractivity contribution is -0.207. The summed E-state index contributed by atoms with van der Waals surface area (Å²) in [7, 11) is 0. The number of alkyl halides is 5. The van der Waals surface area contributed by atoms with Gasteiger partial charge in [0.2, 0.25) is 6.30 Å². The van der Waals surface area contributed by atoms with Crippen LogP contribution in [0.2, 0.25) is 0 Å². The maximum atomic E-state index is 12.8. The van der Waals surface area contributed by atoms with Crippen LogP contribution in [0, 0.1) is 0 Å². The van der Waals surface area contributed by atoms with Gasteiger partial charge in [0.25, 0.3) is 0 Å². The molecule has 0 aromatic carbocycles. The zero-order valence-corrected chi connectivity index (χ0v) is 7.41. The Kier molecular flexibility index (Phi) is 4.60. The summed E-state index contributed by atoms with van der Waals surface area (Å²) in [6, 6.07) is 0. The van der Waals surface area contributed by atoms with Gasteiger partial charge in [0.1, 0.15) is 0 Å². The molecule has 80 valence electrons. The second-order valence-electron chi connectivity index (χ2n) is 2.53. The van der Waals surface area contributed by atoms with Gasteiger partial charge in [-0.3, -0.25) is 4.90 Å². The van der Waals surface area contributed by atoms with E-state index in [4.69, 9.17) is 0 Å². The highest BCUT2D eigenvalue weighted by Gasteiger charge is 2.51. The zero-order chi connectivity index (χ0) is 10.6. The van der Waals surface area contributed by atoms with Gasteiger partial charge in [-0.05, 0) is 13.1 Å². The maximum absolute atomic E-state index is 12.8. The van der Waals surface area contributed by atoms with Crippen molar-refractivity contribution in [3.05, 3.63) is 0 Å². The smallest absolute Gasteiger partial charge is 0.269 e. The second kappa shape index (κ2) is 4.74. The molecule has 0 aliphatic rings. The molecule has 0 aromatic heterocycles. The standard InChI is InChI=1S/C7H12F5N/c1-3-13(4-2)6(10)7(11,12)5(8)9/h5-6H,3-4H2,1-2H3. The number of halogens is 5. The molecule has 0 bridgehead atoms. The molecule has 0 spiro atoms. The number of hydrogen-bond donors (Lipinski definition) is 0. The maximum Gasteiger partial charge on any atom is 0.351 e. The first-order chi connectivity index (χ1) is 5.87. The summed E-state index contributed by atoms with van der Waals surface area (Å²) in [5.74, 6) is -4.59. The molecule has 0 saturated carbocycles. The summed E-state index contributed by atoms with van der Waals surface area (Å²) in [5, 5.41) is 0. The van der Waals surface area contributed by atoms with Crippen molar-refractivity contribution in [2.75, 3.05) is 13.1 Å². The minimum absolute atomic E-state index is 0.0278. The van der Waals surface area contributed by atoms with Crippen LogP contribution in [0.4, 0.5) is 22.0 Å². The van der Waals surface area contributed by atoms with Gasteiger partial charge in [0.15, 0.2) is 0 Å². The van der Waals surface area contributed by atoms with Crippen molar-refractivity contribution in [3.63, 3.8) is 0 Å². The summed E-state index contributed by atoms with van der Waals surface area (Å²) in [4.78, 5) is 0.645. The van der Waals surface area contributed by atoms with Gasteiger partial charge in [0.05, 0.1) is 0 Å². The van der Waals surface area contributed by atoms with Crippen LogP contribution in [0.5, 0.6) is 0 Å². The Morgan fingerprint density at radius 3 is 1.69 bits per heavy atom. The lowest BCUT2D eigenvalue weighted by Crippen LogP contribution is -2.48. The lowest BCUT2D eigenvalue weighted by atomic mass is 10.3. The highest BCUT2D eigenvalue weighted by atomic mass is 19.3. The van der Waals surface area contributed by atoms with E-state index in [2.05, 4.69) is 0 Å². The van der Waals surface area contributed by atoms with Crippen LogP contribution in [0.3, 0.4) is 0 Å². The molecule has 1 atom stereocenters. The van der Waals surface area contributed by atoms with Gasteiger partial charge in [-0.1, -0.05) is 13.8 Å². The fourth-order valence-corrected chi connectivity index (χ4v) is 0.892. The molecule has 0 radical (unpaired) electrons. The van der Waals surface area contributed by atoms with Crippen LogP contribution in [-0.2, 0) is 0 Å². The minimum atomic E-state index is -4.59. The third kappa shape index (κ3) is 2.79. The molecule has 1 unspecified atom stereocenters. The van der Waals surface area contributed by atoms with E-state index in [1.807, 2.05) is 0 Å². The second-order valence-corrected chi connectivity index (χ2v) is 2.53. The van der Waals surface area contributed by atoms with E-state index in [-0.39, 0.29) is 13.1 Å². The molecule has 1 nitrogen and oxygen atoms in total. The van der Waals surface area contributed by atoms with E-state index in [1.165, 1.54) is 13.8 Å². The molecule has 13 heavy (non-hydrogen) atoms. The summed E-state index contributed by atoms with van der Waals surface area (Å²) >= 11 is 0. The fourth-order valence-electron chi connectivity index (χ4n) is 0.892. The van der Waals surface area contributed by atoms with E-state index in [9.17, 15) is 22.0 Å². The summed E-state index contributed by atoms with van der Waals surface area (Å²) in [6.07, 6.45) is -6.88. The SMILES string of the molecule is CCN(CC)C(F)C(F)(F)C(F)F. The summed E-state index contributed by atoms with van der Waals surface area (Å²) < 4.78 is 60.9. The molecule has 0 amide bonds. The Labute approximate surface area is 73.5 Å². The number of rotatable bonds is 5. The number of hydrogen-bond acceptors (Lipinski definition) is 1. The zero-order valence-electron chi connectivity index (χ0n) is 7.41. The van der Waals surface area contributed by atoms with Crippen LogP contribution in [0.15, 0.2) is 0 Å². The van der Waals surface area contributed by atoms with Crippen molar-refractivity contribution in [1.29, 1.82) is 0 Å². The Bertz CT molecular complexity index is 146. The van der Waals surface area contributed by atoms with E-state index in [0.717, 1.165) is 0 Å². The van der Waals surface area contributed by atoms with Crippen LogP contribution in [-0.4, -0.2) is 36.6 Å². The van der Waals surface area contributed by atoms with Gasteiger partial charge in [0, 0.05) is 0 Å². The van der Waals surface area contributed by atoms with Crippen LogP contribution < -0.4 is 0 Å². The molecule has 6 heteroatoms. The van der Waals surface area contributed by atoms with Gasteiger partial charge in [-0.15, -0.1) is 0 Å². The van der Waals surface area contributed by atoms with Crippen molar-refractivity contribution >= 4 is 0 Å². The van der Waals surface area contributed by atoms with E-state index in [1.54, 1.807) is 0 Å². The molecule has 0 saturated heterocycles. The Morgan fingerprint density at radius 1 is 1.08 bits per heavy atom. The van der Waals surface area contributed by atoms with Gasteiger partial charge in [-0.25, -0.2) is 13.2 Å². The van der Waals surface area contributed by atoms with E-state index in [0.29, 0.717) is 4.90 Å². The largest absolute Gasteiger partial charge is 0.351 e. The van der Waals surface area contributed by atoms with Gasteiger partial charge >= 0.3 is 12.3 Å². The van der Waals surface area contributed by atoms with Crippen molar-refractivity contribution in [2.45, 2.75) is 32.5 Å². The Hall–Kier alpha value is -0.390. The number of nitrogens with zero attached hydrogens (tertiary/aromatic N) is 1. The minimum Gasteiger partial charge on any atom is -0.269 e. The third-order valence-electron chi connectivity index (χ3n) is 1.74. The first kappa shape index (κ1) is 12.6. The normalized spacial score (nSPS) is 15.5. The van der Waals surface area contributed by atoms with Crippen LogP contribution >= 0.6 is 0 Å². The van der Waals surface area contributed by atoms with Gasteiger partial charge in [-0.2, -0.15) is 8.78 Å². The quantitative estimate of drug-likeness (QED) is 0.492. The highest BCUT2D eigenvalue weighted by Crippen LogP contribution is 2.30. The molecule has 0 aromatic rings. The molecule has 0 fully saturated rings.